The molecule has 2 fully saturated rings. The van der Waals surface area contributed by atoms with Crippen molar-refractivity contribution >= 4 is 34.8 Å². The summed E-state index contributed by atoms with van der Waals surface area (Å²) in [5, 5.41) is 12.9. The Hall–Kier alpha value is -2.91. The number of carbonyl (C=O) groups excluding carboxylic acids is 2. The zero-order chi connectivity index (χ0) is 21.6. The number of furan rings is 1. The summed E-state index contributed by atoms with van der Waals surface area (Å²) < 4.78 is 5.30. The quantitative estimate of drug-likeness (QED) is 0.485. The fourth-order valence-electron chi connectivity index (χ4n) is 4.21. The average molecular weight is 442 g/mol. The summed E-state index contributed by atoms with van der Waals surface area (Å²) in [5.74, 6) is 0.835. The molecule has 8 nitrogen and oxygen atoms in total. The van der Waals surface area contributed by atoms with E-state index in [4.69, 9.17) is 16.6 Å². The molecular weight excluding hydrogens is 414 g/mol. The number of nitrogens with zero attached hydrogens (tertiary/aromatic N) is 1. The third kappa shape index (κ3) is 5.62. The maximum absolute atomic E-state index is 12.4. The van der Waals surface area contributed by atoms with Crippen LogP contribution >= 0.6 is 12.2 Å². The van der Waals surface area contributed by atoms with Crippen LogP contribution in [0, 0.1) is 0 Å². The lowest BCUT2D eigenvalue weighted by Gasteiger charge is -2.37. The molecule has 2 aromatic rings. The molecule has 3 atom stereocenters. The molecule has 31 heavy (non-hydrogen) atoms. The Balaban J connectivity index is 1.26. The minimum atomic E-state index is -0.193. The summed E-state index contributed by atoms with van der Waals surface area (Å²) in [6.45, 7) is 1.78. The maximum atomic E-state index is 12.4. The Morgan fingerprint density at radius 2 is 2.06 bits per heavy atom. The Bertz CT molecular complexity index is 905. The van der Waals surface area contributed by atoms with Crippen LogP contribution < -0.4 is 21.3 Å². The van der Waals surface area contributed by atoms with Gasteiger partial charge < -0.3 is 25.7 Å². The SMILES string of the molecule is O=C(CCC1CNC(=O)C2CC(NC(=S)NCc3ccco3)CN12)Nc1ccccc1. The van der Waals surface area contributed by atoms with Crippen molar-refractivity contribution in [2.45, 2.75) is 43.9 Å². The average Bonchev–Trinajstić information content (AvgIpc) is 3.43. The van der Waals surface area contributed by atoms with E-state index in [-0.39, 0.29) is 29.9 Å². The molecule has 3 heterocycles. The largest absolute Gasteiger partial charge is 0.467 e. The molecule has 0 spiro atoms. The minimum Gasteiger partial charge on any atom is -0.467 e. The van der Waals surface area contributed by atoms with E-state index in [0.717, 1.165) is 11.4 Å². The summed E-state index contributed by atoms with van der Waals surface area (Å²) in [4.78, 5) is 26.9. The van der Waals surface area contributed by atoms with E-state index in [2.05, 4.69) is 26.2 Å². The van der Waals surface area contributed by atoms with E-state index in [1.165, 1.54) is 0 Å². The number of fused-ring (bicyclic) bond motifs is 1. The van der Waals surface area contributed by atoms with Crippen LogP contribution in [0.5, 0.6) is 0 Å². The number of piperazine rings is 1. The number of benzene rings is 1. The second-order valence-electron chi connectivity index (χ2n) is 7.90. The van der Waals surface area contributed by atoms with Gasteiger partial charge in [0.25, 0.3) is 0 Å². The van der Waals surface area contributed by atoms with E-state index in [1.54, 1.807) is 6.26 Å². The van der Waals surface area contributed by atoms with E-state index in [9.17, 15) is 9.59 Å². The molecule has 164 valence electrons. The van der Waals surface area contributed by atoms with Gasteiger partial charge in [0.2, 0.25) is 11.8 Å². The number of amides is 2. The lowest BCUT2D eigenvalue weighted by atomic mass is 10.0. The van der Waals surface area contributed by atoms with E-state index >= 15 is 0 Å². The summed E-state index contributed by atoms with van der Waals surface area (Å²) in [6.07, 6.45) is 3.39. The maximum Gasteiger partial charge on any atom is 0.237 e. The Morgan fingerprint density at radius 3 is 2.84 bits per heavy atom. The van der Waals surface area contributed by atoms with Crippen LogP contribution in [0.1, 0.15) is 25.0 Å². The van der Waals surface area contributed by atoms with Gasteiger partial charge in [0.1, 0.15) is 5.76 Å². The number of anilines is 1. The molecule has 0 saturated carbocycles. The minimum absolute atomic E-state index is 0.0168. The lowest BCUT2D eigenvalue weighted by molar-refractivity contribution is -0.129. The van der Waals surface area contributed by atoms with Crippen LogP contribution in [0.3, 0.4) is 0 Å². The number of thiocarbonyl (C=S) groups is 1. The number of hydrogen-bond donors (Lipinski definition) is 4. The van der Waals surface area contributed by atoms with Crippen LogP contribution in [0.4, 0.5) is 5.69 Å². The van der Waals surface area contributed by atoms with Gasteiger partial charge in [0.05, 0.1) is 18.8 Å². The second kappa shape index (κ2) is 9.93. The van der Waals surface area contributed by atoms with Gasteiger partial charge >= 0.3 is 0 Å². The van der Waals surface area contributed by atoms with Crippen molar-refractivity contribution in [3.63, 3.8) is 0 Å². The van der Waals surface area contributed by atoms with Crippen LogP contribution in [0.2, 0.25) is 0 Å². The van der Waals surface area contributed by atoms with Crippen molar-refractivity contribution in [1.29, 1.82) is 0 Å². The Kier molecular flexibility index (Phi) is 6.83. The number of hydrogen-bond acceptors (Lipinski definition) is 5. The van der Waals surface area contributed by atoms with Gasteiger partial charge in [0.15, 0.2) is 5.11 Å². The van der Waals surface area contributed by atoms with E-state index in [1.807, 2.05) is 42.5 Å². The predicted molar refractivity (Wildman–Crippen MR) is 121 cm³/mol. The third-order valence-corrected chi connectivity index (χ3v) is 5.99. The summed E-state index contributed by atoms with van der Waals surface area (Å²) >= 11 is 5.40. The molecule has 0 radical (unpaired) electrons. The first-order valence-corrected chi connectivity index (χ1v) is 10.9. The molecule has 9 heteroatoms. The predicted octanol–water partition coefficient (Wildman–Crippen LogP) is 1.60. The summed E-state index contributed by atoms with van der Waals surface area (Å²) in [7, 11) is 0. The fourth-order valence-corrected chi connectivity index (χ4v) is 4.45. The summed E-state index contributed by atoms with van der Waals surface area (Å²) in [5.41, 5.74) is 0.795. The van der Waals surface area contributed by atoms with Gasteiger partial charge in [-0.3, -0.25) is 14.5 Å². The molecule has 2 aliphatic rings. The summed E-state index contributed by atoms with van der Waals surface area (Å²) in [6, 6.07) is 13.2. The highest BCUT2D eigenvalue weighted by Crippen LogP contribution is 2.26. The third-order valence-electron chi connectivity index (χ3n) is 5.72. The topological polar surface area (TPSA) is 98.6 Å². The fraction of sp³-hybridized carbons (Fsp3) is 0.409. The monoisotopic (exact) mass is 441 g/mol. The van der Waals surface area contributed by atoms with Crippen molar-refractivity contribution in [3.8, 4) is 0 Å². The van der Waals surface area contributed by atoms with Crippen molar-refractivity contribution in [2.75, 3.05) is 18.4 Å². The first kappa shape index (κ1) is 21.3. The first-order valence-electron chi connectivity index (χ1n) is 10.5. The molecule has 0 aliphatic carbocycles. The highest BCUT2D eigenvalue weighted by molar-refractivity contribution is 7.80. The molecule has 2 aliphatic heterocycles. The molecule has 0 bridgehead atoms. The lowest BCUT2D eigenvalue weighted by Crippen LogP contribution is -2.58. The number of rotatable bonds is 7. The van der Waals surface area contributed by atoms with Crippen molar-refractivity contribution in [1.82, 2.24) is 20.9 Å². The smallest absolute Gasteiger partial charge is 0.237 e. The van der Waals surface area contributed by atoms with Crippen LogP contribution in [-0.2, 0) is 16.1 Å². The van der Waals surface area contributed by atoms with Gasteiger partial charge in [-0.2, -0.15) is 0 Å². The molecule has 2 amide bonds. The molecule has 1 aromatic heterocycles. The van der Waals surface area contributed by atoms with Gasteiger partial charge in [-0.15, -0.1) is 0 Å². The van der Waals surface area contributed by atoms with Crippen molar-refractivity contribution < 1.29 is 14.0 Å². The highest BCUT2D eigenvalue weighted by atomic mass is 32.1. The Morgan fingerprint density at radius 1 is 1.23 bits per heavy atom. The van der Waals surface area contributed by atoms with E-state index in [0.29, 0.717) is 44.0 Å². The van der Waals surface area contributed by atoms with Gasteiger partial charge in [-0.05, 0) is 49.3 Å². The molecular formula is C22H27N5O3S. The Labute approximate surface area is 186 Å². The molecule has 2 saturated heterocycles. The van der Waals surface area contributed by atoms with E-state index < -0.39 is 0 Å². The second-order valence-corrected chi connectivity index (χ2v) is 8.31. The zero-order valence-electron chi connectivity index (χ0n) is 17.2. The standard InChI is InChI=1S/C22H27N5O3S/c28-20(25-15-5-2-1-3-6-15)9-8-17-12-23-21(29)19-11-16(14-27(17)19)26-22(31)24-13-18-7-4-10-30-18/h1-7,10,16-17,19H,8-9,11-14H2,(H,23,29)(H,25,28)(H2,24,26,31). The van der Waals surface area contributed by atoms with Gasteiger partial charge in [-0.25, -0.2) is 0 Å². The first-order chi connectivity index (χ1) is 15.1. The molecule has 4 rings (SSSR count). The van der Waals surface area contributed by atoms with Crippen LogP contribution in [-0.4, -0.2) is 53.0 Å². The molecule has 1 aromatic carbocycles. The van der Waals surface area contributed by atoms with Crippen LogP contribution in [0.15, 0.2) is 53.1 Å². The normalized spacial score (nSPS) is 23.0. The number of carbonyl (C=O) groups is 2. The van der Waals surface area contributed by atoms with Crippen LogP contribution in [0.25, 0.3) is 0 Å². The highest BCUT2D eigenvalue weighted by Gasteiger charge is 2.43. The van der Waals surface area contributed by atoms with Gasteiger partial charge in [0, 0.05) is 37.3 Å². The molecule has 3 unspecified atom stereocenters. The number of nitrogens with one attached hydrogen (secondary N) is 4. The zero-order valence-corrected chi connectivity index (χ0v) is 18.0. The molecule has 4 N–H and O–H groups in total. The van der Waals surface area contributed by atoms with Crippen molar-refractivity contribution in [3.05, 3.63) is 54.5 Å². The number of para-hydroxylation sites is 1. The van der Waals surface area contributed by atoms with Gasteiger partial charge in [-0.1, -0.05) is 18.2 Å². The van der Waals surface area contributed by atoms with Crippen molar-refractivity contribution in [2.24, 2.45) is 0 Å².